The molecule has 2 amide bonds. The van der Waals surface area contributed by atoms with E-state index in [2.05, 4.69) is 10.5 Å². The zero-order valence-corrected chi connectivity index (χ0v) is 15.4. The summed E-state index contributed by atoms with van der Waals surface area (Å²) in [4.78, 5) is 25.4. The Morgan fingerprint density at radius 2 is 1.92 bits per heavy atom. The quantitative estimate of drug-likeness (QED) is 0.773. The molecule has 2 rings (SSSR count). The maximum Gasteiger partial charge on any atom is 0.245 e. The number of carbonyl (C=O) groups is 2. The maximum atomic E-state index is 12.1. The van der Waals surface area contributed by atoms with Crippen molar-refractivity contribution in [2.24, 2.45) is 0 Å². The van der Waals surface area contributed by atoms with Gasteiger partial charge in [-0.3, -0.25) is 9.59 Å². The highest BCUT2D eigenvalue weighted by Crippen LogP contribution is 2.27. The number of aromatic nitrogens is 1. The fourth-order valence-corrected chi connectivity index (χ4v) is 2.43. The van der Waals surface area contributed by atoms with Crippen LogP contribution in [0.3, 0.4) is 0 Å². The number of hydrogen-bond acceptors (Lipinski definition) is 6. The number of hydrogen-bond donors (Lipinski definition) is 1. The number of rotatable bonds is 8. The van der Waals surface area contributed by atoms with Crippen LogP contribution >= 0.6 is 0 Å². The molecular formula is C18H23N3O5. The number of methoxy groups -OCH3 is 2. The van der Waals surface area contributed by atoms with Gasteiger partial charge < -0.3 is 24.2 Å². The average molecular weight is 361 g/mol. The molecular weight excluding hydrogens is 338 g/mol. The molecule has 0 saturated carbocycles. The molecule has 8 nitrogen and oxygen atoms in total. The molecule has 1 aromatic heterocycles. The van der Waals surface area contributed by atoms with Gasteiger partial charge in [-0.2, -0.15) is 0 Å². The van der Waals surface area contributed by atoms with Gasteiger partial charge in [0.05, 0.1) is 20.8 Å². The number of amides is 2. The molecule has 0 aliphatic rings. The Morgan fingerprint density at radius 1 is 1.19 bits per heavy atom. The minimum absolute atomic E-state index is 0.0610. The molecule has 0 fully saturated rings. The number of aryl methyl sites for hydroxylation is 1. The van der Waals surface area contributed by atoms with Gasteiger partial charge in [0.15, 0.2) is 17.3 Å². The summed E-state index contributed by atoms with van der Waals surface area (Å²) in [6.45, 7) is 3.50. The van der Waals surface area contributed by atoms with Gasteiger partial charge in [0, 0.05) is 19.5 Å². The molecule has 0 saturated heterocycles. The van der Waals surface area contributed by atoms with E-state index in [9.17, 15) is 9.59 Å². The van der Waals surface area contributed by atoms with Crippen LogP contribution in [0.5, 0.6) is 11.5 Å². The Kier molecular flexibility index (Phi) is 6.60. The molecule has 0 aliphatic carbocycles. The molecule has 0 unspecified atom stereocenters. The zero-order valence-electron chi connectivity index (χ0n) is 15.4. The van der Waals surface area contributed by atoms with Gasteiger partial charge in [-0.05, 0) is 31.0 Å². The molecule has 140 valence electrons. The third-order valence-electron chi connectivity index (χ3n) is 3.79. The van der Waals surface area contributed by atoms with Gasteiger partial charge >= 0.3 is 0 Å². The number of nitrogens with zero attached hydrogens (tertiary/aromatic N) is 2. The van der Waals surface area contributed by atoms with Crippen molar-refractivity contribution in [3.8, 4) is 11.5 Å². The van der Waals surface area contributed by atoms with Crippen molar-refractivity contribution in [2.45, 2.75) is 20.3 Å². The van der Waals surface area contributed by atoms with E-state index in [0.29, 0.717) is 36.0 Å². The summed E-state index contributed by atoms with van der Waals surface area (Å²) in [5.74, 6) is 1.67. The largest absolute Gasteiger partial charge is 0.493 e. The van der Waals surface area contributed by atoms with Gasteiger partial charge in [0.2, 0.25) is 11.8 Å². The topological polar surface area (TPSA) is 93.9 Å². The van der Waals surface area contributed by atoms with E-state index in [-0.39, 0.29) is 18.4 Å². The minimum atomic E-state index is -0.333. The lowest BCUT2D eigenvalue weighted by molar-refractivity contribution is -0.132. The molecule has 1 heterocycles. The number of anilines is 1. The van der Waals surface area contributed by atoms with Gasteiger partial charge in [-0.15, -0.1) is 0 Å². The summed E-state index contributed by atoms with van der Waals surface area (Å²) in [7, 11) is 3.14. The second kappa shape index (κ2) is 8.89. The van der Waals surface area contributed by atoms with Crippen LogP contribution in [-0.2, 0) is 16.0 Å². The first-order valence-electron chi connectivity index (χ1n) is 8.12. The highest BCUT2D eigenvalue weighted by molar-refractivity contribution is 5.93. The van der Waals surface area contributed by atoms with E-state index in [4.69, 9.17) is 14.0 Å². The first-order valence-corrected chi connectivity index (χ1v) is 8.12. The van der Waals surface area contributed by atoms with Crippen LogP contribution in [0.25, 0.3) is 0 Å². The molecule has 8 heteroatoms. The summed E-state index contributed by atoms with van der Waals surface area (Å²) in [5.41, 5.74) is 0.974. The van der Waals surface area contributed by atoms with Crippen LogP contribution in [0.1, 0.15) is 18.2 Å². The van der Waals surface area contributed by atoms with E-state index in [1.165, 1.54) is 11.8 Å². The third-order valence-corrected chi connectivity index (χ3v) is 3.79. The van der Waals surface area contributed by atoms with Crippen LogP contribution < -0.4 is 14.8 Å². The predicted octanol–water partition coefficient (Wildman–Crippen LogP) is 2.03. The van der Waals surface area contributed by atoms with Crippen molar-refractivity contribution < 1.29 is 23.6 Å². The van der Waals surface area contributed by atoms with Gasteiger partial charge in [-0.1, -0.05) is 11.2 Å². The monoisotopic (exact) mass is 361 g/mol. The lowest BCUT2D eigenvalue weighted by atomic mass is 10.1. The molecule has 1 N–H and O–H groups in total. The Bertz CT molecular complexity index is 772. The van der Waals surface area contributed by atoms with Crippen LogP contribution in [-0.4, -0.2) is 49.2 Å². The second-order valence-corrected chi connectivity index (χ2v) is 5.75. The van der Waals surface area contributed by atoms with Crippen molar-refractivity contribution in [2.75, 3.05) is 32.6 Å². The fourth-order valence-electron chi connectivity index (χ4n) is 2.43. The third kappa shape index (κ3) is 5.23. The average Bonchev–Trinajstić information content (AvgIpc) is 3.02. The van der Waals surface area contributed by atoms with Crippen LogP contribution in [0.2, 0.25) is 0 Å². The van der Waals surface area contributed by atoms with Crippen molar-refractivity contribution in [3.63, 3.8) is 0 Å². The van der Waals surface area contributed by atoms with Crippen molar-refractivity contribution in [1.82, 2.24) is 10.1 Å². The van der Waals surface area contributed by atoms with Gasteiger partial charge in [0.25, 0.3) is 0 Å². The molecule has 0 radical (unpaired) electrons. The van der Waals surface area contributed by atoms with E-state index in [1.807, 2.05) is 18.2 Å². The molecule has 0 bridgehead atoms. The summed E-state index contributed by atoms with van der Waals surface area (Å²) >= 11 is 0. The standard InChI is InChI=1S/C18H23N3O5/c1-12-9-17(20-26-12)19-18(23)11-21(13(2)22)8-7-14-5-6-15(24-3)16(10-14)25-4/h5-6,9-10H,7-8,11H2,1-4H3,(H,19,20,23). The summed E-state index contributed by atoms with van der Waals surface area (Å²) in [5, 5.41) is 6.31. The Hall–Kier alpha value is -3.03. The second-order valence-electron chi connectivity index (χ2n) is 5.75. The highest BCUT2D eigenvalue weighted by atomic mass is 16.5. The fraction of sp³-hybridized carbons (Fsp3) is 0.389. The van der Waals surface area contributed by atoms with Gasteiger partial charge in [-0.25, -0.2) is 0 Å². The first-order chi connectivity index (χ1) is 12.4. The smallest absolute Gasteiger partial charge is 0.245 e. The Labute approximate surface area is 152 Å². The molecule has 1 aromatic carbocycles. The van der Waals surface area contributed by atoms with Crippen molar-refractivity contribution in [3.05, 3.63) is 35.6 Å². The first kappa shape index (κ1) is 19.3. The normalized spacial score (nSPS) is 10.3. The lowest BCUT2D eigenvalue weighted by Crippen LogP contribution is -2.38. The zero-order chi connectivity index (χ0) is 19.1. The van der Waals surface area contributed by atoms with Crippen molar-refractivity contribution in [1.29, 1.82) is 0 Å². The van der Waals surface area contributed by atoms with Crippen molar-refractivity contribution >= 4 is 17.6 Å². The van der Waals surface area contributed by atoms with E-state index < -0.39 is 0 Å². The SMILES string of the molecule is COc1ccc(CCN(CC(=O)Nc2cc(C)on2)C(C)=O)cc1OC. The summed E-state index contributed by atoms with van der Waals surface area (Å²) in [6.07, 6.45) is 0.580. The Balaban J connectivity index is 1.95. The van der Waals surface area contributed by atoms with E-state index in [1.54, 1.807) is 27.2 Å². The van der Waals surface area contributed by atoms with E-state index >= 15 is 0 Å². The number of carbonyl (C=O) groups excluding carboxylic acids is 2. The predicted molar refractivity (Wildman–Crippen MR) is 95.4 cm³/mol. The molecule has 26 heavy (non-hydrogen) atoms. The highest BCUT2D eigenvalue weighted by Gasteiger charge is 2.15. The molecule has 0 aliphatic heterocycles. The number of nitrogens with one attached hydrogen (secondary N) is 1. The summed E-state index contributed by atoms with van der Waals surface area (Å²) in [6, 6.07) is 7.18. The van der Waals surface area contributed by atoms with Crippen LogP contribution in [0.4, 0.5) is 5.82 Å². The molecule has 0 spiro atoms. The number of ether oxygens (including phenoxy) is 2. The van der Waals surface area contributed by atoms with Gasteiger partial charge in [0.1, 0.15) is 5.76 Å². The number of benzene rings is 1. The van der Waals surface area contributed by atoms with Crippen LogP contribution in [0.15, 0.2) is 28.8 Å². The van der Waals surface area contributed by atoms with E-state index in [0.717, 1.165) is 5.56 Å². The molecule has 2 aromatic rings. The Morgan fingerprint density at radius 3 is 2.50 bits per heavy atom. The summed E-state index contributed by atoms with van der Waals surface area (Å²) < 4.78 is 15.4. The molecule has 0 atom stereocenters. The lowest BCUT2D eigenvalue weighted by Gasteiger charge is -2.20. The minimum Gasteiger partial charge on any atom is -0.493 e. The maximum absolute atomic E-state index is 12.1. The van der Waals surface area contributed by atoms with Crippen LogP contribution in [0, 0.1) is 6.92 Å².